The Hall–Kier alpha value is -2.58. The van der Waals surface area contributed by atoms with Gasteiger partial charge < -0.3 is 24.6 Å². The molecule has 1 atom stereocenters. The van der Waals surface area contributed by atoms with Crippen LogP contribution in [0.1, 0.15) is 55.2 Å². The molecule has 0 radical (unpaired) electrons. The average molecular weight is 488 g/mol. The number of hydrogen-bond acceptors (Lipinski definition) is 5. The number of nitrogens with zero attached hydrogens (tertiary/aromatic N) is 2. The Morgan fingerprint density at radius 2 is 2.00 bits per heavy atom. The molecule has 8 heteroatoms. The average Bonchev–Trinajstić information content (AvgIpc) is 3.32. The van der Waals surface area contributed by atoms with E-state index in [1.165, 1.54) is 15.3 Å². The second-order valence-electron chi connectivity index (χ2n) is 8.83. The third-order valence-corrected chi connectivity index (χ3v) is 7.07. The van der Waals surface area contributed by atoms with Gasteiger partial charge in [0.05, 0.1) is 12.6 Å². The maximum Gasteiger partial charge on any atom is 0.317 e. The van der Waals surface area contributed by atoms with E-state index < -0.39 is 0 Å². The summed E-state index contributed by atoms with van der Waals surface area (Å²) in [6.45, 7) is 8.63. The Kier molecular flexibility index (Phi) is 9.77. The fraction of sp³-hybridized carbons (Fsp3) is 0.538. The SMILES string of the molecule is CCCNC(=O)N(CCOC)CC(=O)N1CCc2sccc2[C@H]1COc1ccc(C(C)C)cc1. The predicted octanol–water partition coefficient (Wildman–Crippen LogP) is 4.44. The van der Waals surface area contributed by atoms with Crippen molar-refractivity contribution in [3.63, 3.8) is 0 Å². The molecule has 34 heavy (non-hydrogen) atoms. The molecule has 3 rings (SSSR count). The Labute approximate surface area is 207 Å². The normalized spacial score (nSPS) is 15.2. The molecular weight excluding hydrogens is 450 g/mol. The second-order valence-corrected chi connectivity index (χ2v) is 9.83. The van der Waals surface area contributed by atoms with Crippen LogP contribution in [-0.4, -0.2) is 68.2 Å². The van der Waals surface area contributed by atoms with Crippen molar-refractivity contribution < 1.29 is 19.1 Å². The number of carbonyl (C=O) groups excluding carboxylic acids is 2. The minimum atomic E-state index is -0.237. The van der Waals surface area contributed by atoms with Crippen LogP contribution in [-0.2, 0) is 16.0 Å². The van der Waals surface area contributed by atoms with Crippen LogP contribution in [0, 0.1) is 0 Å². The first-order valence-corrected chi connectivity index (χ1v) is 12.9. The zero-order valence-electron chi connectivity index (χ0n) is 20.7. The summed E-state index contributed by atoms with van der Waals surface area (Å²) in [5.74, 6) is 1.17. The van der Waals surface area contributed by atoms with Gasteiger partial charge in [0.15, 0.2) is 0 Å². The standard InChI is InChI=1S/C26H37N3O4S/c1-5-12-27-26(31)28(14-15-32-4)17-25(30)29-13-10-24-22(11-16-34-24)23(29)18-33-21-8-6-20(7-9-21)19(2)3/h6-9,11,16,19,23H,5,10,12-15,17-18H2,1-4H3,(H,27,31)/t23-/m1/s1. The van der Waals surface area contributed by atoms with E-state index in [9.17, 15) is 9.59 Å². The molecule has 0 spiro atoms. The topological polar surface area (TPSA) is 71.1 Å². The van der Waals surface area contributed by atoms with Gasteiger partial charge in [-0.1, -0.05) is 32.9 Å². The minimum absolute atomic E-state index is 0.0119. The molecule has 1 aliphatic rings. The lowest BCUT2D eigenvalue weighted by Gasteiger charge is -2.37. The van der Waals surface area contributed by atoms with Crippen LogP contribution < -0.4 is 10.1 Å². The van der Waals surface area contributed by atoms with Crippen LogP contribution in [0.25, 0.3) is 0 Å². The Morgan fingerprint density at radius 1 is 1.24 bits per heavy atom. The number of carbonyl (C=O) groups is 2. The van der Waals surface area contributed by atoms with Gasteiger partial charge in [0.1, 0.15) is 18.9 Å². The summed E-state index contributed by atoms with van der Waals surface area (Å²) in [5.41, 5.74) is 2.40. The van der Waals surface area contributed by atoms with Crippen LogP contribution in [0.3, 0.4) is 0 Å². The minimum Gasteiger partial charge on any atom is -0.491 e. The van der Waals surface area contributed by atoms with Crippen molar-refractivity contribution in [2.45, 2.75) is 45.6 Å². The summed E-state index contributed by atoms with van der Waals surface area (Å²) in [6.07, 6.45) is 1.65. The Morgan fingerprint density at radius 3 is 2.68 bits per heavy atom. The summed E-state index contributed by atoms with van der Waals surface area (Å²) in [5, 5.41) is 4.94. The highest BCUT2D eigenvalue weighted by atomic mass is 32.1. The van der Waals surface area contributed by atoms with E-state index in [0.29, 0.717) is 38.8 Å². The van der Waals surface area contributed by atoms with Crippen LogP contribution in [0.15, 0.2) is 35.7 Å². The van der Waals surface area contributed by atoms with Crippen molar-refractivity contribution in [2.24, 2.45) is 0 Å². The van der Waals surface area contributed by atoms with Gasteiger partial charge in [-0.2, -0.15) is 0 Å². The van der Waals surface area contributed by atoms with Crippen LogP contribution in [0.5, 0.6) is 5.75 Å². The van der Waals surface area contributed by atoms with Gasteiger partial charge in [0, 0.05) is 31.6 Å². The van der Waals surface area contributed by atoms with E-state index in [-0.39, 0.29) is 24.5 Å². The van der Waals surface area contributed by atoms with Crippen LogP contribution >= 0.6 is 11.3 Å². The zero-order valence-corrected chi connectivity index (χ0v) is 21.5. The quantitative estimate of drug-likeness (QED) is 0.509. The third-order valence-electron chi connectivity index (χ3n) is 6.07. The van der Waals surface area contributed by atoms with E-state index in [2.05, 4.69) is 42.7 Å². The molecule has 0 aliphatic carbocycles. The van der Waals surface area contributed by atoms with Crippen LogP contribution in [0.2, 0.25) is 0 Å². The van der Waals surface area contributed by atoms with Crippen molar-refractivity contribution in [3.05, 3.63) is 51.7 Å². The smallest absolute Gasteiger partial charge is 0.317 e. The van der Waals surface area contributed by atoms with Gasteiger partial charge in [0.2, 0.25) is 5.91 Å². The highest BCUT2D eigenvalue weighted by Gasteiger charge is 2.33. The molecule has 2 heterocycles. The van der Waals surface area contributed by atoms with Gasteiger partial charge in [-0.3, -0.25) is 4.79 Å². The highest BCUT2D eigenvalue weighted by Crippen LogP contribution is 2.34. The molecule has 1 N–H and O–H groups in total. The number of methoxy groups -OCH3 is 1. The summed E-state index contributed by atoms with van der Waals surface area (Å²) >= 11 is 1.72. The van der Waals surface area contributed by atoms with Crippen molar-refractivity contribution in [1.29, 1.82) is 0 Å². The molecule has 0 fully saturated rings. The molecule has 1 aromatic heterocycles. The van der Waals surface area contributed by atoms with Gasteiger partial charge in [-0.15, -0.1) is 11.3 Å². The summed E-state index contributed by atoms with van der Waals surface area (Å²) < 4.78 is 11.3. The number of amides is 3. The molecule has 186 valence electrons. The molecule has 0 saturated heterocycles. The number of hydrogen-bond donors (Lipinski definition) is 1. The van der Waals surface area contributed by atoms with Crippen molar-refractivity contribution in [2.75, 3.05) is 46.5 Å². The highest BCUT2D eigenvalue weighted by molar-refractivity contribution is 7.10. The van der Waals surface area contributed by atoms with Crippen molar-refractivity contribution in [1.82, 2.24) is 15.1 Å². The molecule has 0 saturated carbocycles. The molecule has 1 aromatic carbocycles. The van der Waals surface area contributed by atoms with Gasteiger partial charge in [0.25, 0.3) is 0 Å². The number of ether oxygens (including phenoxy) is 2. The lowest BCUT2D eigenvalue weighted by atomic mass is 10.00. The summed E-state index contributed by atoms with van der Waals surface area (Å²) in [4.78, 5) is 30.7. The molecule has 0 bridgehead atoms. The predicted molar refractivity (Wildman–Crippen MR) is 136 cm³/mol. The van der Waals surface area contributed by atoms with E-state index in [1.54, 1.807) is 18.4 Å². The first kappa shape index (κ1) is 26.0. The first-order valence-electron chi connectivity index (χ1n) is 12.0. The van der Waals surface area contributed by atoms with Crippen molar-refractivity contribution >= 4 is 23.3 Å². The number of thiophene rings is 1. The molecular formula is C26H37N3O4S. The monoisotopic (exact) mass is 487 g/mol. The van der Waals surface area contributed by atoms with Gasteiger partial charge in [-0.25, -0.2) is 4.79 Å². The van der Waals surface area contributed by atoms with Crippen LogP contribution in [0.4, 0.5) is 4.79 Å². The molecule has 1 aliphatic heterocycles. The van der Waals surface area contributed by atoms with E-state index >= 15 is 0 Å². The fourth-order valence-corrected chi connectivity index (χ4v) is 4.98. The molecule has 3 amide bonds. The second kappa shape index (κ2) is 12.8. The number of benzene rings is 1. The maximum atomic E-state index is 13.4. The zero-order chi connectivity index (χ0) is 24.5. The maximum absolute atomic E-state index is 13.4. The van der Waals surface area contributed by atoms with Gasteiger partial charge in [-0.05, 0) is 53.5 Å². The number of rotatable bonds is 11. The molecule has 0 unspecified atom stereocenters. The van der Waals surface area contributed by atoms with E-state index in [1.807, 2.05) is 24.0 Å². The van der Waals surface area contributed by atoms with E-state index in [0.717, 1.165) is 24.2 Å². The Balaban J connectivity index is 1.72. The first-order chi connectivity index (χ1) is 16.4. The Bertz CT molecular complexity index is 928. The third kappa shape index (κ3) is 6.73. The molecule has 7 nitrogen and oxygen atoms in total. The lowest BCUT2D eigenvalue weighted by Crippen LogP contribution is -2.50. The molecule has 2 aromatic rings. The van der Waals surface area contributed by atoms with Gasteiger partial charge >= 0.3 is 6.03 Å². The number of fused-ring (bicyclic) bond motifs is 1. The summed E-state index contributed by atoms with van der Waals surface area (Å²) in [6, 6.07) is 9.82. The number of nitrogens with one attached hydrogen (secondary N) is 1. The number of urea groups is 1. The largest absolute Gasteiger partial charge is 0.491 e. The van der Waals surface area contributed by atoms with Crippen molar-refractivity contribution in [3.8, 4) is 5.75 Å². The lowest BCUT2D eigenvalue weighted by molar-refractivity contribution is -0.135. The summed E-state index contributed by atoms with van der Waals surface area (Å²) in [7, 11) is 1.59. The fourth-order valence-electron chi connectivity index (χ4n) is 4.05. The van der Waals surface area contributed by atoms with E-state index in [4.69, 9.17) is 9.47 Å².